The van der Waals surface area contributed by atoms with Crippen LogP contribution in [-0.2, 0) is 0 Å². The maximum Gasteiger partial charge on any atom is 0.0471 e. The zero-order valence-electron chi connectivity index (χ0n) is 10.1. The van der Waals surface area contributed by atoms with E-state index in [9.17, 15) is 0 Å². The van der Waals surface area contributed by atoms with Crippen molar-refractivity contribution in [2.75, 3.05) is 25.4 Å². The number of benzene rings is 1. The van der Waals surface area contributed by atoms with E-state index >= 15 is 0 Å². The molecular formula is C13H19IN2S. The van der Waals surface area contributed by atoms with Gasteiger partial charge in [0.25, 0.3) is 0 Å². The van der Waals surface area contributed by atoms with Crippen LogP contribution in [0.25, 0.3) is 0 Å². The van der Waals surface area contributed by atoms with E-state index in [1.165, 1.54) is 14.9 Å². The molecule has 0 amide bonds. The summed E-state index contributed by atoms with van der Waals surface area (Å²) in [6.45, 7) is 5.32. The summed E-state index contributed by atoms with van der Waals surface area (Å²) in [6, 6.07) is 9.15. The van der Waals surface area contributed by atoms with Crippen LogP contribution < -0.4 is 5.73 Å². The molecule has 0 spiro atoms. The maximum atomic E-state index is 5.97. The lowest BCUT2D eigenvalue weighted by Gasteiger charge is -2.36. The standard InChI is InChI=1S/C13H19IN2S/c1-10-9-16(6-7-17-10)13(8-15)11-2-4-12(14)5-3-11/h2-5,10,13H,6-9,15H2,1H3. The van der Waals surface area contributed by atoms with E-state index in [0.29, 0.717) is 12.6 Å². The van der Waals surface area contributed by atoms with Crippen molar-refractivity contribution in [1.82, 2.24) is 4.90 Å². The Hall–Kier alpha value is 0.220. The molecule has 2 rings (SSSR count). The van der Waals surface area contributed by atoms with Crippen molar-refractivity contribution in [1.29, 1.82) is 0 Å². The van der Waals surface area contributed by atoms with Crippen LogP contribution in [0.5, 0.6) is 0 Å². The zero-order chi connectivity index (χ0) is 12.3. The van der Waals surface area contributed by atoms with Gasteiger partial charge in [-0.05, 0) is 40.3 Å². The maximum absolute atomic E-state index is 5.97. The highest BCUT2D eigenvalue weighted by molar-refractivity contribution is 14.1. The highest BCUT2D eigenvalue weighted by Gasteiger charge is 2.24. The molecule has 0 radical (unpaired) electrons. The Labute approximate surface area is 121 Å². The molecule has 1 aliphatic rings. The molecule has 1 fully saturated rings. The van der Waals surface area contributed by atoms with Crippen molar-refractivity contribution in [2.45, 2.75) is 18.2 Å². The zero-order valence-corrected chi connectivity index (χ0v) is 13.1. The Morgan fingerprint density at radius 3 is 2.76 bits per heavy atom. The molecule has 1 aromatic rings. The van der Waals surface area contributed by atoms with Gasteiger partial charge in [0.05, 0.1) is 0 Å². The van der Waals surface area contributed by atoms with Crippen molar-refractivity contribution in [2.24, 2.45) is 5.73 Å². The molecule has 2 unspecified atom stereocenters. The van der Waals surface area contributed by atoms with E-state index in [-0.39, 0.29) is 0 Å². The smallest absolute Gasteiger partial charge is 0.0471 e. The molecule has 2 N–H and O–H groups in total. The number of rotatable bonds is 3. The molecule has 0 aromatic heterocycles. The predicted molar refractivity (Wildman–Crippen MR) is 84.4 cm³/mol. The van der Waals surface area contributed by atoms with E-state index in [0.717, 1.165) is 18.3 Å². The van der Waals surface area contributed by atoms with Crippen molar-refractivity contribution >= 4 is 34.4 Å². The average Bonchev–Trinajstić information content (AvgIpc) is 2.33. The third-order valence-corrected chi connectivity index (χ3v) is 5.05. The second-order valence-electron chi connectivity index (χ2n) is 4.48. The van der Waals surface area contributed by atoms with E-state index in [1.807, 2.05) is 0 Å². The minimum atomic E-state index is 0.385. The van der Waals surface area contributed by atoms with Crippen molar-refractivity contribution in [3.8, 4) is 0 Å². The molecule has 0 bridgehead atoms. The van der Waals surface area contributed by atoms with Gasteiger partial charge in [-0.3, -0.25) is 4.90 Å². The molecule has 2 atom stereocenters. The Bertz CT molecular complexity index is 355. The minimum absolute atomic E-state index is 0.385. The molecule has 0 aliphatic carbocycles. The third-order valence-electron chi connectivity index (χ3n) is 3.19. The first-order chi connectivity index (χ1) is 8.20. The van der Waals surface area contributed by atoms with Crippen LogP contribution in [0, 0.1) is 3.57 Å². The molecule has 1 aromatic carbocycles. The Morgan fingerprint density at radius 1 is 1.47 bits per heavy atom. The molecule has 94 valence electrons. The SMILES string of the molecule is CC1CN(C(CN)c2ccc(I)cc2)CCS1. The Kier molecular flexibility index (Phi) is 5.14. The summed E-state index contributed by atoms with van der Waals surface area (Å²) in [4.78, 5) is 2.53. The Morgan fingerprint density at radius 2 is 2.18 bits per heavy atom. The topological polar surface area (TPSA) is 29.3 Å². The fourth-order valence-corrected chi connectivity index (χ4v) is 3.71. The lowest BCUT2D eigenvalue weighted by molar-refractivity contribution is 0.211. The fourth-order valence-electron chi connectivity index (χ4n) is 2.31. The first kappa shape index (κ1) is 13.6. The lowest BCUT2D eigenvalue weighted by atomic mass is 10.1. The van der Waals surface area contributed by atoms with Crippen LogP contribution in [0.4, 0.5) is 0 Å². The van der Waals surface area contributed by atoms with Crippen molar-refractivity contribution in [3.05, 3.63) is 33.4 Å². The van der Waals surface area contributed by atoms with Crippen LogP contribution in [0.1, 0.15) is 18.5 Å². The third kappa shape index (κ3) is 3.59. The number of hydrogen-bond acceptors (Lipinski definition) is 3. The molecule has 1 aliphatic heterocycles. The monoisotopic (exact) mass is 362 g/mol. The summed E-state index contributed by atoms with van der Waals surface area (Å²) >= 11 is 4.41. The van der Waals surface area contributed by atoms with Gasteiger partial charge in [-0.2, -0.15) is 11.8 Å². The largest absolute Gasteiger partial charge is 0.329 e. The summed E-state index contributed by atoms with van der Waals surface area (Å²) in [5.74, 6) is 1.22. The van der Waals surface area contributed by atoms with E-state index in [1.54, 1.807) is 0 Å². The molecule has 4 heteroatoms. The summed E-state index contributed by atoms with van der Waals surface area (Å²) in [5, 5.41) is 0.724. The van der Waals surface area contributed by atoms with Gasteiger partial charge in [-0.15, -0.1) is 0 Å². The van der Waals surface area contributed by atoms with Gasteiger partial charge >= 0.3 is 0 Å². The summed E-state index contributed by atoms with van der Waals surface area (Å²) in [7, 11) is 0. The number of hydrogen-bond donors (Lipinski definition) is 1. The van der Waals surface area contributed by atoms with Crippen LogP contribution in [0.2, 0.25) is 0 Å². The van der Waals surface area contributed by atoms with Crippen LogP contribution in [-0.4, -0.2) is 35.5 Å². The van der Waals surface area contributed by atoms with Gasteiger partial charge < -0.3 is 5.73 Å². The predicted octanol–water partition coefficient (Wildman–Crippen LogP) is 2.73. The lowest BCUT2D eigenvalue weighted by Crippen LogP contribution is -2.42. The first-order valence-corrected chi connectivity index (χ1v) is 8.14. The van der Waals surface area contributed by atoms with E-state index in [2.05, 4.69) is 70.4 Å². The van der Waals surface area contributed by atoms with E-state index in [4.69, 9.17) is 5.73 Å². The van der Waals surface area contributed by atoms with Gasteiger partial charge in [-0.1, -0.05) is 19.1 Å². The van der Waals surface area contributed by atoms with Gasteiger partial charge in [0, 0.05) is 40.2 Å². The van der Waals surface area contributed by atoms with Gasteiger partial charge in [0.2, 0.25) is 0 Å². The van der Waals surface area contributed by atoms with Crippen LogP contribution in [0.3, 0.4) is 0 Å². The van der Waals surface area contributed by atoms with Crippen molar-refractivity contribution < 1.29 is 0 Å². The Balaban J connectivity index is 2.12. The van der Waals surface area contributed by atoms with Crippen molar-refractivity contribution in [3.63, 3.8) is 0 Å². The molecule has 0 saturated carbocycles. The van der Waals surface area contributed by atoms with Gasteiger partial charge in [0.1, 0.15) is 0 Å². The number of nitrogens with zero attached hydrogens (tertiary/aromatic N) is 1. The normalized spacial score (nSPS) is 23.6. The highest BCUT2D eigenvalue weighted by Crippen LogP contribution is 2.26. The summed E-state index contributed by atoms with van der Waals surface area (Å²) in [5.41, 5.74) is 7.32. The number of nitrogens with two attached hydrogens (primary N) is 1. The average molecular weight is 362 g/mol. The highest BCUT2D eigenvalue weighted by atomic mass is 127. The fraction of sp³-hybridized carbons (Fsp3) is 0.538. The molecule has 1 saturated heterocycles. The quantitative estimate of drug-likeness (QED) is 0.839. The van der Waals surface area contributed by atoms with Crippen LogP contribution in [0.15, 0.2) is 24.3 Å². The van der Waals surface area contributed by atoms with Gasteiger partial charge in [-0.25, -0.2) is 0 Å². The van der Waals surface area contributed by atoms with Gasteiger partial charge in [0.15, 0.2) is 0 Å². The molecule has 2 nitrogen and oxygen atoms in total. The number of halogens is 1. The summed E-state index contributed by atoms with van der Waals surface area (Å²) < 4.78 is 1.28. The summed E-state index contributed by atoms with van der Waals surface area (Å²) in [6.07, 6.45) is 0. The van der Waals surface area contributed by atoms with Crippen LogP contribution >= 0.6 is 34.4 Å². The minimum Gasteiger partial charge on any atom is -0.329 e. The second kappa shape index (κ2) is 6.41. The van der Waals surface area contributed by atoms with E-state index < -0.39 is 0 Å². The molecular weight excluding hydrogens is 343 g/mol. The molecule has 1 heterocycles. The number of thioether (sulfide) groups is 1. The molecule has 17 heavy (non-hydrogen) atoms. The first-order valence-electron chi connectivity index (χ1n) is 6.02. The second-order valence-corrected chi connectivity index (χ2v) is 7.27.